The van der Waals surface area contributed by atoms with Gasteiger partial charge in [0.2, 0.25) is 15.9 Å². The summed E-state index contributed by atoms with van der Waals surface area (Å²) in [5.41, 5.74) is 1.11. The van der Waals surface area contributed by atoms with Crippen molar-refractivity contribution in [2.45, 2.75) is 39.7 Å². The van der Waals surface area contributed by atoms with Crippen LogP contribution in [0, 0.1) is 12.8 Å². The molecule has 1 aliphatic heterocycles. The van der Waals surface area contributed by atoms with Crippen LogP contribution < -0.4 is 5.32 Å². The lowest BCUT2D eigenvalue weighted by Crippen LogP contribution is -2.41. The van der Waals surface area contributed by atoms with Gasteiger partial charge in [-0.25, -0.2) is 17.7 Å². The Balaban J connectivity index is 1.64. The number of sulfonamides is 1. The van der Waals surface area contributed by atoms with Crippen molar-refractivity contribution >= 4 is 27.3 Å². The van der Waals surface area contributed by atoms with Gasteiger partial charge in [-0.3, -0.25) is 9.69 Å². The lowest BCUT2D eigenvalue weighted by atomic mass is 9.96. The summed E-state index contributed by atoms with van der Waals surface area (Å²) in [7, 11) is -1.56. The average Bonchev–Trinajstić information content (AvgIpc) is 3.03. The molecule has 1 aromatic rings. The molecule has 0 spiro atoms. The van der Waals surface area contributed by atoms with Crippen molar-refractivity contribution < 1.29 is 13.2 Å². The van der Waals surface area contributed by atoms with Gasteiger partial charge in [-0.2, -0.15) is 0 Å². The molecule has 1 N–H and O–H groups in total. The van der Waals surface area contributed by atoms with E-state index < -0.39 is 10.0 Å². The lowest BCUT2D eigenvalue weighted by Gasteiger charge is -2.30. The molecular weight excluding hydrogens is 372 g/mol. The van der Waals surface area contributed by atoms with Gasteiger partial charge in [0.05, 0.1) is 16.5 Å². The fraction of sp³-hybridized carbons (Fsp3) is 0.765. The van der Waals surface area contributed by atoms with E-state index >= 15 is 0 Å². The van der Waals surface area contributed by atoms with Gasteiger partial charge < -0.3 is 5.32 Å². The van der Waals surface area contributed by atoms with E-state index in [0.29, 0.717) is 19.5 Å². The molecule has 1 aromatic heterocycles. The Hall–Kier alpha value is -1.03. The minimum atomic E-state index is -3.14. The molecule has 26 heavy (non-hydrogen) atoms. The quantitative estimate of drug-likeness (QED) is 0.632. The first-order chi connectivity index (χ1) is 12.3. The summed E-state index contributed by atoms with van der Waals surface area (Å²) in [6.45, 7) is 7.27. The highest BCUT2D eigenvalue weighted by atomic mass is 32.2. The van der Waals surface area contributed by atoms with Gasteiger partial charge in [0, 0.05) is 38.0 Å². The van der Waals surface area contributed by atoms with Crippen LogP contribution in [-0.4, -0.2) is 67.5 Å². The first kappa shape index (κ1) is 21.3. The van der Waals surface area contributed by atoms with Gasteiger partial charge in [0.25, 0.3) is 0 Å². The lowest BCUT2D eigenvalue weighted by molar-refractivity contribution is -0.126. The topological polar surface area (TPSA) is 82.6 Å². The number of rotatable bonds is 9. The Morgan fingerprint density at radius 3 is 2.69 bits per heavy atom. The molecular formula is C17H30N4O3S2. The molecule has 1 saturated heterocycles. The van der Waals surface area contributed by atoms with E-state index in [0.717, 1.165) is 43.2 Å². The number of carbonyl (C=O) groups excluding carboxylic acids is 1. The Bertz CT molecular complexity index is 682. The van der Waals surface area contributed by atoms with Crippen LogP contribution in [0.4, 0.5) is 0 Å². The van der Waals surface area contributed by atoms with Crippen LogP contribution in [0.5, 0.6) is 0 Å². The highest BCUT2D eigenvalue weighted by molar-refractivity contribution is 7.89. The summed E-state index contributed by atoms with van der Waals surface area (Å²) >= 11 is 1.67. The van der Waals surface area contributed by atoms with Gasteiger partial charge in [-0.05, 0) is 46.2 Å². The summed E-state index contributed by atoms with van der Waals surface area (Å²) in [4.78, 5) is 19.1. The molecule has 0 radical (unpaired) electrons. The van der Waals surface area contributed by atoms with E-state index in [-0.39, 0.29) is 17.6 Å². The number of nitrogens with zero attached hydrogens (tertiary/aromatic N) is 3. The van der Waals surface area contributed by atoms with Crippen molar-refractivity contribution in [1.82, 2.24) is 19.5 Å². The normalized spacial score (nSPS) is 16.9. The van der Waals surface area contributed by atoms with Crippen LogP contribution in [-0.2, 0) is 21.4 Å². The number of carbonyl (C=O) groups is 1. The second kappa shape index (κ2) is 9.77. The smallest absolute Gasteiger partial charge is 0.223 e. The fourth-order valence-electron chi connectivity index (χ4n) is 3.08. The maximum Gasteiger partial charge on any atom is 0.223 e. The summed E-state index contributed by atoms with van der Waals surface area (Å²) in [5.74, 6) is 0.255. The zero-order chi connectivity index (χ0) is 19.2. The Morgan fingerprint density at radius 2 is 2.12 bits per heavy atom. The van der Waals surface area contributed by atoms with E-state index in [2.05, 4.69) is 20.6 Å². The number of piperidine rings is 1. The highest BCUT2D eigenvalue weighted by Gasteiger charge is 2.25. The SMILES string of the molecule is CCS(=O)(=O)N(C)CCCNC(=O)C1CCN(Cc2csc(C)n2)CC1. The van der Waals surface area contributed by atoms with E-state index in [9.17, 15) is 13.2 Å². The average molecular weight is 403 g/mol. The number of likely N-dealkylation sites (tertiary alicyclic amines) is 1. The first-order valence-corrected chi connectivity index (χ1v) is 11.7. The van der Waals surface area contributed by atoms with Gasteiger partial charge >= 0.3 is 0 Å². The number of aryl methyl sites for hydroxylation is 1. The molecule has 7 nitrogen and oxygen atoms in total. The molecule has 1 amide bonds. The molecule has 9 heteroatoms. The maximum atomic E-state index is 12.3. The van der Waals surface area contributed by atoms with Crippen molar-refractivity contribution in [1.29, 1.82) is 0 Å². The Morgan fingerprint density at radius 1 is 1.42 bits per heavy atom. The summed E-state index contributed by atoms with van der Waals surface area (Å²) in [6, 6.07) is 0. The predicted molar refractivity (Wildman–Crippen MR) is 105 cm³/mol. The summed E-state index contributed by atoms with van der Waals surface area (Å²) in [6.07, 6.45) is 2.35. The number of hydrogen-bond donors (Lipinski definition) is 1. The van der Waals surface area contributed by atoms with Crippen molar-refractivity contribution in [2.75, 3.05) is 39.0 Å². The maximum absolute atomic E-state index is 12.3. The molecule has 1 fully saturated rings. The Labute approximate surface area is 160 Å². The molecule has 0 unspecified atom stereocenters. The van der Waals surface area contributed by atoms with E-state index in [1.165, 1.54) is 4.31 Å². The van der Waals surface area contributed by atoms with Crippen molar-refractivity contribution in [3.8, 4) is 0 Å². The van der Waals surface area contributed by atoms with Crippen molar-refractivity contribution in [2.24, 2.45) is 5.92 Å². The van der Waals surface area contributed by atoms with Crippen LogP contribution in [0.25, 0.3) is 0 Å². The predicted octanol–water partition coefficient (Wildman–Crippen LogP) is 1.45. The minimum Gasteiger partial charge on any atom is -0.356 e. The first-order valence-electron chi connectivity index (χ1n) is 9.17. The molecule has 2 rings (SSSR count). The Kier molecular flexibility index (Phi) is 8.00. The van der Waals surface area contributed by atoms with Gasteiger partial charge in [-0.15, -0.1) is 11.3 Å². The summed E-state index contributed by atoms with van der Waals surface area (Å²) in [5, 5.41) is 6.15. The van der Waals surface area contributed by atoms with E-state index in [1.54, 1.807) is 25.3 Å². The van der Waals surface area contributed by atoms with Crippen LogP contribution in [0.2, 0.25) is 0 Å². The molecule has 0 aromatic carbocycles. The molecule has 2 heterocycles. The van der Waals surface area contributed by atoms with E-state index in [1.807, 2.05) is 6.92 Å². The van der Waals surface area contributed by atoms with Crippen molar-refractivity contribution in [3.63, 3.8) is 0 Å². The fourth-order valence-corrected chi connectivity index (χ4v) is 4.53. The van der Waals surface area contributed by atoms with Crippen LogP contribution in [0.3, 0.4) is 0 Å². The number of amides is 1. The number of aromatic nitrogens is 1. The summed E-state index contributed by atoms with van der Waals surface area (Å²) < 4.78 is 24.7. The molecule has 1 aliphatic rings. The second-order valence-electron chi connectivity index (χ2n) is 6.77. The third-order valence-electron chi connectivity index (χ3n) is 4.80. The van der Waals surface area contributed by atoms with Gasteiger partial charge in [0.15, 0.2) is 0 Å². The number of hydrogen-bond acceptors (Lipinski definition) is 6. The largest absolute Gasteiger partial charge is 0.356 e. The van der Waals surface area contributed by atoms with Gasteiger partial charge in [0.1, 0.15) is 0 Å². The second-order valence-corrected chi connectivity index (χ2v) is 10.2. The third-order valence-corrected chi connectivity index (χ3v) is 7.48. The number of thiazole rings is 1. The zero-order valence-electron chi connectivity index (χ0n) is 15.9. The van der Waals surface area contributed by atoms with Crippen LogP contribution >= 0.6 is 11.3 Å². The van der Waals surface area contributed by atoms with Crippen LogP contribution in [0.15, 0.2) is 5.38 Å². The van der Waals surface area contributed by atoms with Crippen molar-refractivity contribution in [3.05, 3.63) is 16.1 Å². The standard InChI is InChI=1S/C17H30N4O3S2/c1-4-26(23,24)20(3)9-5-8-18-17(22)15-6-10-21(11-7-15)12-16-13-25-14(2)19-16/h13,15H,4-12H2,1-3H3,(H,18,22). The molecule has 0 bridgehead atoms. The monoisotopic (exact) mass is 402 g/mol. The van der Waals surface area contributed by atoms with Gasteiger partial charge in [-0.1, -0.05) is 0 Å². The third kappa shape index (κ3) is 6.29. The minimum absolute atomic E-state index is 0.0560. The van der Waals surface area contributed by atoms with Crippen LogP contribution in [0.1, 0.15) is 36.9 Å². The molecule has 0 saturated carbocycles. The number of nitrogens with one attached hydrogen (secondary N) is 1. The van der Waals surface area contributed by atoms with E-state index in [4.69, 9.17) is 0 Å². The molecule has 148 valence electrons. The zero-order valence-corrected chi connectivity index (χ0v) is 17.5. The molecule has 0 aliphatic carbocycles. The highest BCUT2D eigenvalue weighted by Crippen LogP contribution is 2.20. The molecule has 0 atom stereocenters.